The van der Waals surface area contributed by atoms with Gasteiger partial charge in [-0.15, -0.1) is 0 Å². The molecule has 1 unspecified atom stereocenters. The Labute approximate surface area is 131 Å². The van der Waals surface area contributed by atoms with E-state index in [1.807, 2.05) is 18.5 Å². The van der Waals surface area contributed by atoms with Gasteiger partial charge in [0.1, 0.15) is 5.69 Å². The van der Waals surface area contributed by atoms with Gasteiger partial charge < -0.3 is 10.4 Å². The van der Waals surface area contributed by atoms with Crippen molar-refractivity contribution < 1.29 is 14.7 Å². The fourth-order valence-electron chi connectivity index (χ4n) is 2.57. The van der Waals surface area contributed by atoms with Crippen molar-refractivity contribution in [2.45, 2.75) is 59.4 Å². The number of aromatic nitrogens is 2. The number of carboxylic acids is 1. The molecule has 0 saturated carbocycles. The number of rotatable bonds is 9. The van der Waals surface area contributed by atoms with Gasteiger partial charge in [-0.3, -0.25) is 14.3 Å². The molecule has 0 bridgehead atoms. The van der Waals surface area contributed by atoms with Gasteiger partial charge in [0.05, 0.1) is 12.0 Å². The van der Waals surface area contributed by atoms with E-state index in [-0.39, 0.29) is 18.5 Å². The Hall–Kier alpha value is -1.85. The molecular formula is C16H27N3O3. The van der Waals surface area contributed by atoms with Crippen LogP contribution in [0.15, 0.2) is 6.07 Å². The third kappa shape index (κ3) is 4.58. The van der Waals surface area contributed by atoms with Crippen LogP contribution < -0.4 is 5.32 Å². The van der Waals surface area contributed by atoms with Gasteiger partial charge in [0.15, 0.2) is 0 Å². The lowest BCUT2D eigenvalue weighted by molar-refractivity contribution is -0.141. The summed E-state index contributed by atoms with van der Waals surface area (Å²) in [5.41, 5.74) is 1.30. The zero-order chi connectivity index (χ0) is 16.7. The number of aryl methyl sites for hydroxylation is 1. The smallest absolute Gasteiger partial charge is 0.308 e. The minimum atomic E-state index is -0.874. The Bertz CT molecular complexity index is 507. The van der Waals surface area contributed by atoms with Crippen molar-refractivity contribution >= 4 is 11.9 Å². The van der Waals surface area contributed by atoms with Gasteiger partial charge in [-0.2, -0.15) is 5.10 Å². The molecule has 6 nitrogen and oxygen atoms in total. The molecule has 1 heterocycles. The summed E-state index contributed by atoms with van der Waals surface area (Å²) in [4.78, 5) is 23.3. The molecule has 1 aromatic rings. The molecule has 0 aliphatic rings. The highest BCUT2D eigenvalue weighted by Gasteiger charge is 2.20. The van der Waals surface area contributed by atoms with E-state index in [9.17, 15) is 9.59 Å². The maximum atomic E-state index is 12.2. The van der Waals surface area contributed by atoms with Crippen LogP contribution in [0.3, 0.4) is 0 Å². The van der Waals surface area contributed by atoms with Crippen LogP contribution in [0, 0.1) is 12.8 Å². The number of carboxylic acid groups (broad SMARTS) is 1. The van der Waals surface area contributed by atoms with Crippen molar-refractivity contribution in [1.82, 2.24) is 15.1 Å². The van der Waals surface area contributed by atoms with Crippen LogP contribution >= 0.6 is 0 Å². The van der Waals surface area contributed by atoms with Gasteiger partial charge in [0, 0.05) is 12.2 Å². The van der Waals surface area contributed by atoms with Crippen LogP contribution in [0.25, 0.3) is 0 Å². The first-order valence-electron chi connectivity index (χ1n) is 8.01. The van der Waals surface area contributed by atoms with E-state index in [0.29, 0.717) is 12.1 Å². The average molecular weight is 309 g/mol. The maximum Gasteiger partial charge on any atom is 0.308 e. The molecule has 1 aromatic heterocycles. The summed E-state index contributed by atoms with van der Waals surface area (Å²) in [5.74, 6) is -1.73. The van der Waals surface area contributed by atoms with Gasteiger partial charge in [-0.1, -0.05) is 27.2 Å². The third-order valence-corrected chi connectivity index (χ3v) is 3.94. The molecule has 1 atom stereocenters. The van der Waals surface area contributed by atoms with Gasteiger partial charge in [0.2, 0.25) is 0 Å². The molecule has 124 valence electrons. The number of hydrogen-bond donors (Lipinski definition) is 2. The van der Waals surface area contributed by atoms with Gasteiger partial charge >= 0.3 is 5.97 Å². The minimum absolute atomic E-state index is 0.138. The molecule has 6 heteroatoms. The molecule has 0 spiro atoms. The summed E-state index contributed by atoms with van der Waals surface area (Å²) < 4.78 is 1.88. The van der Waals surface area contributed by atoms with E-state index in [2.05, 4.69) is 24.3 Å². The normalized spacial score (nSPS) is 12.4. The first-order valence-corrected chi connectivity index (χ1v) is 8.01. The molecule has 0 aliphatic carbocycles. The Morgan fingerprint density at radius 1 is 1.32 bits per heavy atom. The number of carbonyl (C=O) groups is 2. The van der Waals surface area contributed by atoms with Crippen molar-refractivity contribution in [3.8, 4) is 0 Å². The lowest BCUT2D eigenvalue weighted by Crippen LogP contribution is -2.33. The van der Waals surface area contributed by atoms with Crippen molar-refractivity contribution in [2.24, 2.45) is 5.92 Å². The molecule has 0 fully saturated rings. The lowest BCUT2D eigenvalue weighted by atomic mass is 10.0. The number of nitrogens with zero attached hydrogens (tertiary/aromatic N) is 2. The highest BCUT2D eigenvalue weighted by molar-refractivity contribution is 5.92. The highest BCUT2D eigenvalue weighted by Crippen LogP contribution is 2.18. The topological polar surface area (TPSA) is 84.2 Å². The summed E-state index contributed by atoms with van der Waals surface area (Å²) in [5, 5.41) is 16.2. The predicted molar refractivity (Wildman–Crippen MR) is 85.0 cm³/mol. The number of hydrogen-bond acceptors (Lipinski definition) is 3. The van der Waals surface area contributed by atoms with Crippen molar-refractivity contribution in [2.75, 3.05) is 6.54 Å². The van der Waals surface area contributed by atoms with E-state index in [1.165, 1.54) is 0 Å². The SMILES string of the molecule is CCCC(CNC(=O)c1cc(C)n(C(CC)CC)n1)C(=O)O. The van der Waals surface area contributed by atoms with Crippen molar-refractivity contribution in [3.05, 3.63) is 17.5 Å². The fraction of sp³-hybridized carbons (Fsp3) is 0.688. The molecule has 22 heavy (non-hydrogen) atoms. The second-order valence-electron chi connectivity index (χ2n) is 5.62. The maximum absolute atomic E-state index is 12.2. The number of aliphatic carboxylic acids is 1. The predicted octanol–water partition coefficient (Wildman–Crippen LogP) is 2.78. The molecular weight excluding hydrogens is 282 g/mol. The Kier molecular flexibility index (Phi) is 7.08. The van der Waals surface area contributed by atoms with Gasteiger partial charge in [0.25, 0.3) is 5.91 Å². The zero-order valence-corrected chi connectivity index (χ0v) is 13.9. The number of amides is 1. The van der Waals surface area contributed by atoms with E-state index in [4.69, 9.17) is 5.11 Å². The summed E-state index contributed by atoms with van der Waals surface area (Å²) in [6.45, 7) is 8.19. The molecule has 0 aliphatic heterocycles. The monoisotopic (exact) mass is 309 g/mol. The molecule has 1 amide bonds. The van der Waals surface area contributed by atoms with E-state index >= 15 is 0 Å². The first-order chi connectivity index (χ1) is 10.4. The zero-order valence-electron chi connectivity index (χ0n) is 13.9. The van der Waals surface area contributed by atoms with E-state index < -0.39 is 11.9 Å². The Morgan fingerprint density at radius 2 is 1.95 bits per heavy atom. The lowest BCUT2D eigenvalue weighted by Gasteiger charge is -2.15. The van der Waals surface area contributed by atoms with Gasteiger partial charge in [-0.05, 0) is 32.3 Å². The average Bonchev–Trinajstić information content (AvgIpc) is 2.86. The minimum Gasteiger partial charge on any atom is -0.481 e. The summed E-state index contributed by atoms with van der Waals surface area (Å²) >= 11 is 0. The van der Waals surface area contributed by atoms with Gasteiger partial charge in [-0.25, -0.2) is 0 Å². The molecule has 2 N–H and O–H groups in total. The van der Waals surface area contributed by atoms with Crippen LogP contribution in [0.2, 0.25) is 0 Å². The molecule has 1 rings (SSSR count). The number of nitrogens with one attached hydrogen (secondary N) is 1. The van der Waals surface area contributed by atoms with Crippen LogP contribution in [-0.2, 0) is 4.79 Å². The first kappa shape index (κ1) is 18.2. The Morgan fingerprint density at radius 3 is 2.45 bits per heavy atom. The molecule has 0 saturated heterocycles. The second-order valence-corrected chi connectivity index (χ2v) is 5.62. The fourth-order valence-corrected chi connectivity index (χ4v) is 2.57. The third-order valence-electron chi connectivity index (χ3n) is 3.94. The standard InChI is InChI=1S/C16H27N3O3/c1-5-8-12(16(21)22)10-17-15(20)14-9-11(4)19(18-14)13(6-2)7-3/h9,12-13H,5-8,10H2,1-4H3,(H,17,20)(H,21,22). The van der Waals surface area contributed by atoms with Crippen LogP contribution in [0.1, 0.15) is 68.7 Å². The Balaban J connectivity index is 2.74. The summed E-state index contributed by atoms with van der Waals surface area (Å²) in [6, 6.07) is 2.04. The largest absolute Gasteiger partial charge is 0.481 e. The quantitative estimate of drug-likeness (QED) is 0.734. The van der Waals surface area contributed by atoms with E-state index in [0.717, 1.165) is 25.0 Å². The number of carbonyl (C=O) groups excluding carboxylic acids is 1. The van der Waals surface area contributed by atoms with E-state index in [1.54, 1.807) is 6.07 Å². The second kappa shape index (κ2) is 8.56. The van der Waals surface area contributed by atoms with Crippen molar-refractivity contribution in [1.29, 1.82) is 0 Å². The van der Waals surface area contributed by atoms with Crippen LogP contribution in [0.5, 0.6) is 0 Å². The summed E-state index contributed by atoms with van der Waals surface area (Å²) in [7, 11) is 0. The van der Waals surface area contributed by atoms with Crippen molar-refractivity contribution in [3.63, 3.8) is 0 Å². The molecule has 0 radical (unpaired) electrons. The molecule has 0 aromatic carbocycles. The van der Waals surface area contributed by atoms with Crippen LogP contribution in [-0.4, -0.2) is 33.3 Å². The highest BCUT2D eigenvalue weighted by atomic mass is 16.4. The van der Waals surface area contributed by atoms with Crippen LogP contribution in [0.4, 0.5) is 0 Å². The summed E-state index contributed by atoms with van der Waals surface area (Å²) in [6.07, 6.45) is 3.24.